The smallest absolute Gasteiger partial charge is 0.231 e. The van der Waals surface area contributed by atoms with E-state index in [0.717, 1.165) is 62.1 Å². The summed E-state index contributed by atoms with van der Waals surface area (Å²) in [7, 11) is 0. The van der Waals surface area contributed by atoms with E-state index in [0.29, 0.717) is 12.7 Å². The Balaban J connectivity index is 1.18. The van der Waals surface area contributed by atoms with Gasteiger partial charge >= 0.3 is 0 Å². The van der Waals surface area contributed by atoms with Gasteiger partial charge in [0.1, 0.15) is 0 Å². The van der Waals surface area contributed by atoms with E-state index >= 15 is 0 Å². The third kappa shape index (κ3) is 3.37. The molecule has 3 aliphatic heterocycles. The molecule has 0 N–H and O–H groups in total. The normalized spacial score (nSPS) is 21.6. The zero-order chi connectivity index (χ0) is 19.9. The Morgan fingerprint density at radius 1 is 0.967 bits per heavy atom. The summed E-state index contributed by atoms with van der Waals surface area (Å²) in [4.78, 5) is 9.81. The number of fused-ring (bicyclic) bond motifs is 2. The summed E-state index contributed by atoms with van der Waals surface area (Å²) in [6.07, 6.45) is 7.02. The number of piperidine rings is 1. The molecule has 0 saturated carbocycles. The molecule has 0 spiro atoms. The lowest BCUT2D eigenvalue weighted by atomic mass is 9.97. The van der Waals surface area contributed by atoms with Gasteiger partial charge in [-0.2, -0.15) is 5.10 Å². The second-order valence-electron chi connectivity index (χ2n) is 8.62. The molecule has 0 bridgehead atoms. The molecule has 1 atom stereocenters. The van der Waals surface area contributed by atoms with E-state index in [-0.39, 0.29) is 0 Å². The Kier molecular flexibility index (Phi) is 4.48. The molecule has 2 saturated heterocycles. The van der Waals surface area contributed by atoms with Gasteiger partial charge in [0, 0.05) is 32.1 Å². The number of ether oxygens (including phenoxy) is 2. The number of rotatable bonds is 4. The minimum absolute atomic E-state index is 0.323. The van der Waals surface area contributed by atoms with E-state index in [1.54, 1.807) is 0 Å². The average molecular weight is 406 g/mol. The predicted molar refractivity (Wildman–Crippen MR) is 114 cm³/mol. The summed E-state index contributed by atoms with van der Waals surface area (Å²) < 4.78 is 12.9. The van der Waals surface area contributed by atoms with Gasteiger partial charge in [0.05, 0.1) is 11.9 Å². The summed E-state index contributed by atoms with van der Waals surface area (Å²) in [5, 5.41) is 4.87. The molecule has 1 aromatic carbocycles. The molecule has 1 unspecified atom stereocenters. The topological polar surface area (TPSA) is 55.1 Å². The molecule has 5 heterocycles. The summed E-state index contributed by atoms with van der Waals surface area (Å²) in [5.74, 6) is 3.06. The lowest BCUT2D eigenvalue weighted by Crippen LogP contribution is -2.34. The fourth-order valence-electron chi connectivity index (χ4n) is 4.93. The van der Waals surface area contributed by atoms with Crippen molar-refractivity contribution in [2.24, 2.45) is 0 Å². The van der Waals surface area contributed by atoms with Crippen LogP contribution in [0.4, 0.5) is 5.69 Å². The highest BCUT2D eigenvalue weighted by atomic mass is 16.7. The minimum atomic E-state index is 0.323. The number of hydrogen-bond donors (Lipinski definition) is 0. The first-order chi connectivity index (χ1) is 14.8. The fraction of sp³-hybridized carbons (Fsp3) is 0.478. The van der Waals surface area contributed by atoms with Gasteiger partial charge in [0.2, 0.25) is 6.79 Å². The molecule has 30 heavy (non-hydrogen) atoms. The van der Waals surface area contributed by atoms with Crippen LogP contribution in [0.1, 0.15) is 43.0 Å². The van der Waals surface area contributed by atoms with E-state index in [1.807, 2.05) is 10.6 Å². The van der Waals surface area contributed by atoms with Crippen LogP contribution in [-0.4, -0.2) is 52.5 Å². The molecule has 3 aliphatic rings. The van der Waals surface area contributed by atoms with Crippen molar-refractivity contribution in [3.8, 4) is 11.5 Å². The molecule has 7 nitrogen and oxygen atoms in total. The second kappa shape index (κ2) is 7.47. The van der Waals surface area contributed by atoms with Crippen molar-refractivity contribution in [2.45, 2.75) is 38.1 Å². The van der Waals surface area contributed by atoms with E-state index in [2.05, 4.69) is 40.3 Å². The van der Waals surface area contributed by atoms with Crippen LogP contribution >= 0.6 is 0 Å². The Labute approximate surface area is 176 Å². The fourth-order valence-corrected chi connectivity index (χ4v) is 4.93. The van der Waals surface area contributed by atoms with Gasteiger partial charge in [-0.1, -0.05) is 6.07 Å². The molecule has 7 heteroatoms. The van der Waals surface area contributed by atoms with Crippen LogP contribution in [0.15, 0.2) is 36.5 Å². The largest absolute Gasteiger partial charge is 0.454 e. The van der Waals surface area contributed by atoms with Crippen molar-refractivity contribution in [1.82, 2.24) is 19.5 Å². The standard InChI is InChI=1S/C23H27N5O2/c1-2-11-27(10-1)19-6-8-22-24-23(25-28(22)15-19)18-4-3-9-26(14-18)13-17-5-7-20-21(12-17)30-16-29-20/h5-8,12,15,18H,1-4,9-11,13-14,16H2. The molecule has 0 radical (unpaired) electrons. The van der Waals surface area contributed by atoms with Crippen molar-refractivity contribution >= 4 is 11.3 Å². The van der Waals surface area contributed by atoms with Crippen molar-refractivity contribution in [2.75, 3.05) is 37.9 Å². The molecule has 0 amide bonds. The zero-order valence-corrected chi connectivity index (χ0v) is 17.2. The Morgan fingerprint density at radius 2 is 1.87 bits per heavy atom. The summed E-state index contributed by atoms with van der Waals surface area (Å²) in [6.45, 7) is 5.62. The second-order valence-corrected chi connectivity index (χ2v) is 8.62. The third-order valence-corrected chi connectivity index (χ3v) is 6.52. The Hall–Kier alpha value is -2.80. The highest BCUT2D eigenvalue weighted by Crippen LogP contribution is 2.33. The molecular formula is C23H27N5O2. The number of hydrogen-bond acceptors (Lipinski definition) is 6. The molecule has 2 fully saturated rings. The van der Waals surface area contributed by atoms with Crippen LogP contribution in [0.3, 0.4) is 0 Å². The predicted octanol–water partition coefficient (Wildman–Crippen LogP) is 3.44. The highest BCUT2D eigenvalue weighted by molar-refractivity contribution is 5.52. The summed E-state index contributed by atoms with van der Waals surface area (Å²) >= 11 is 0. The van der Waals surface area contributed by atoms with E-state index in [1.165, 1.54) is 30.5 Å². The lowest BCUT2D eigenvalue weighted by Gasteiger charge is -2.31. The Morgan fingerprint density at radius 3 is 2.80 bits per heavy atom. The first-order valence-corrected chi connectivity index (χ1v) is 11.0. The van der Waals surface area contributed by atoms with Crippen molar-refractivity contribution < 1.29 is 9.47 Å². The zero-order valence-electron chi connectivity index (χ0n) is 17.2. The molecule has 156 valence electrons. The maximum Gasteiger partial charge on any atom is 0.231 e. The van der Waals surface area contributed by atoms with Gasteiger partial charge in [-0.15, -0.1) is 0 Å². The first kappa shape index (κ1) is 18.0. The lowest BCUT2D eigenvalue weighted by molar-refractivity contribution is 0.173. The van der Waals surface area contributed by atoms with Crippen LogP contribution in [0.2, 0.25) is 0 Å². The van der Waals surface area contributed by atoms with Gasteiger partial charge in [-0.25, -0.2) is 9.50 Å². The van der Waals surface area contributed by atoms with Crippen LogP contribution in [0.5, 0.6) is 11.5 Å². The maximum absolute atomic E-state index is 5.53. The SMILES string of the molecule is c1cc2c(cc1CN1CCCC(c3nc4ccc(N5CCCC5)cn4n3)C1)OCO2. The first-order valence-electron chi connectivity index (χ1n) is 11.0. The van der Waals surface area contributed by atoms with Gasteiger partial charge in [0.25, 0.3) is 0 Å². The number of likely N-dealkylation sites (tertiary alicyclic amines) is 1. The third-order valence-electron chi connectivity index (χ3n) is 6.52. The molecule has 3 aromatic rings. The van der Waals surface area contributed by atoms with Crippen LogP contribution < -0.4 is 14.4 Å². The number of nitrogens with zero attached hydrogens (tertiary/aromatic N) is 5. The van der Waals surface area contributed by atoms with Crippen LogP contribution in [0, 0.1) is 0 Å². The van der Waals surface area contributed by atoms with Gasteiger partial charge in [-0.3, -0.25) is 4.90 Å². The monoisotopic (exact) mass is 405 g/mol. The average Bonchev–Trinajstić information content (AvgIpc) is 3.53. The highest BCUT2D eigenvalue weighted by Gasteiger charge is 2.25. The quantitative estimate of drug-likeness (QED) is 0.663. The molecule has 6 rings (SSSR count). The van der Waals surface area contributed by atoms with Crippen molar-refractivity contribution in [3.63, 3.8) is 0 Å². The number of anilines is 1. The van der Waals surface area contributed by atoms with E-state index in [9.17, 15) is 0 Å². The summed E-state index contributed by atoms with van der Waals surface area (Å²) in [5.41, 5.74) is 3.46. The van der Waals surface area contributed by atoms with Gasteiger partial charge < -0.3 is 14.4 Å². The summed E-state index contributed by atoms with van der Waals surface area (Å²) in [6, 6.07) is 10.6. The number of pyridine rings is 1. The van der Waals surface area contributed by atoms with Crippen molar-refractivity contribution in [3.05, 3.63) is 47.9 Å². The van der Waals surface area contributed by atoms with E-state index in [4.69, 9.17) is 19.6 Å². The molecular weight excluding hydrogens is 378 g/mol. The molecule has 0 aliphatic carbocycles. The number of aromatic nitrogens is 3. The van der Waals surface area contributed by atoms with E-state index < -0.39 is 0 Å². The van der Waals surface area contributed by atoms with Gasteiger partial charge in [-0.05, 0) is 62.1 Å². The minimum Gasteiger partial charge on any atom is -0.454 e. The Bertz CT molecular complexity index is 1060. The van der Waals surface area contributed by atoms with Crippen LogP contribution in [-0.2, 0) is 6.54 Å². The molecule has 2 aromatic heterocycles. The van der Waals surface area contributed by atoms with Crippen molar-refractivity contribution in [1.29, 1.82) is 0 Å². The number of benzene rings is 1. The van der Waals surface area contributed by atoms with Gasteiger partial charge in [0.15, 0.2) is 23.0 Å². The maximum atomic E-state index is 5.53. The van der Waals surface area contributed by atoms with Crippen LogP contribution in [0.25, 0.3) is 5.65 Å².